The lowest BCUT2D eigenvalue weighted by molar-refractivity contribution is -0.140. The Kier molecular flexibility index (Phi) is 3.92. The van der Waals surface area contributed by atoms with E-state index >= 15 is 0 Å². The molecule has 2 amide bonds. The highest BCUT2D eigenvalue weighted by Gasteiger charge is 2.39. The Hall–Kier alpha value is -2.11. The number of ether oxygens (including phenoxy) is 1. The molecule has 0 bridgehead atoms. The predicted molar refractivity (Wildman–Crippen MR) is 72.0 cm³/mol. The monoisotopic (exact) mass is 280 g/mol. The fourth-order valence-electron chi connectivity index (χ4n) is 2.26. The fourth-order valence-corrected chi connectivity index (χ4v) is 2.26. The Morgan fingerprint density at radius 1 is 1.40 bits per heavy atom. The van der Waals surface area contributed by atoms with Gasteiger partial charge < -0.3 is 10.1 Å². The van der Waals surface area contributed by atoms with E-state index in [-0.39, 0.29) is 30.0 Å². The lowest BCUT2D eigenvalue weighted by atomic mass is 10.2. The number of likely N-dealkylation sites (tertiary alicyclic amines) is 1. The van der Waals surface area contributed by atoms with Crippen molar-refractivity contribution in [2.24, 2.45) is 0 Å². The zero-order valence-electron chi connectivity index (χ0n) is 11.6. The molecule has 1 unspecified atom stereocenters. The van der Waals surface area contributed by atoms with E-state index in [2.05, 4.69) is 5.32 Å². The number of benzene rings is 1. The van der Waals surface area contributed by atoms with Gasteiger partial charge in [0.15, 0.2) is 11.6 Å². The van der Waals surface area contributed by atoms with Crippen LogP contribution in [-0.4, -0.2) is 35.9 Å². The largest absolute Gasteiger partial charge is 0.494 e. The molecule has 20 heavy (non-hydrogen) atoms. The maximum absolute atomic E-state index is 13.6. The van der Waals surface area contributed by atoms with E-state index < -0.39 is 11.9 Å². The van der Waals surface area contributed by atoms with Gasteiger partial charge in [-0.25, -0.2) is 4.39 Å². The van der Waals surface area contributed by atoms with Gasteiger partial charge in [0, 0.05) is 17.8 Å². The molecule has 0 radical (unpaired) electrons. The van der Waals surface area contributed by atoms with Crippen molar-refractivity contribution in [3.63, 3.8) is 0 Å². The zero-order chi connectivity index (χ0) is 14.9. The lowest BCUT2D eigenvalue weighted by Crippen LogP contribution is -2.39. The molecule has 108 valence electrons. The van der Waals surface area contributed by atoms with Gasteiger partial charge >= 0.3 is 0 Å². The van der Waals surface area contributed by atoms with Crippen molar-refractivity contribution in [3.05, 3.63) is 24.0 Å². The molecule has 1 saturated heterocycles. The summed E-state index contributed by atoms with van der Waals surface area (Å²) in [7, 11) is 1.38. The number of nitrogens with one attached hydrogen (secondary N) is 1. The van der Waals surface area contributed by atoms with Gasteiger partial charge in [-0.05, 0) is 26.0 Å². The van der Waals surface area contributed by atoms with E-state index in [4.69, 9.17) is 4.74 Å². The molecular formula is C14H17FN2O3. The molecule has 5 nitrogen and oxygen atoms in total. The summed E-state index contributed by atoms with van der Waals surface area (Å²) in [5.74, 6) is -0.874. The van der Waals surface area contributed by atoms with Gasteiger partial charge in [-0.15, -0.1) is 0 Å². The molecule has 0 aromatic heterocycles. The van der Waals surface area contributed by atoms with Crippen molar-refractivity contribution in [3.8, 4) is 5.75 Å². The maximum Gasteiger partial charge on any atom is 0.252 e. The third kappa shape index (κ3) is 2.59. The lowest BCUT2D eigenvalue weighted by Gasteiger charge is -2.19. The maximum atomic E-state index is 13.6. The minimum Gasteiger partial charge on any atom is -0.494 e. The summed E-state index contributed by atoms with van der Waals surface area (Å²) in [5.41, 5.74) is 0.444. The molecule has 1 aromatic rings. The number of amides is 2. The highest BCUT2D eigenvalue weighted by Crippen LogP contribution is 2.24. The number of nitrogens with zero attached hydrogens (tertiary/aromatic N) is 1. The van der Waals surface area contributed by atoms with E-state index in [9.17, 15) is 14.0 Å². The molecular weight excluding hydrogens is 263 g/mol. The third-order valence-corrected chi connectivity index (χ3v) is 3.19. The summed E-state index contributed by atoms with van der Waals surface area (Å²) in [6.45, 7) is 3.57. The van der Waals surface area contributed by atoms with Crippen LogP contribution in [0.15, 0.2) is 18.2 Å². The van der Waals surface area contributed by atoms with Crippen molar-refractivity contribution in [2.75, 3.05) is 12.4 Å². The summed E-state index contributed by atoms with van der Waals surface area (Å²) in [6.07, 6.45) is 0.0880. The van der Waals surface area contributed by atoms with E-state index in [1.165, 1.54) is 24.1 Å². The van der Waals surface area contributed by atoms with Crippen molar-refractivity contribution >= 4 is 17.5 Å². The first-order valence-corrected chi connectivity index (χ1v) is 6.40. The van der Waals surface area contributed by atoms with Gasteiger partial charge in [0.1, 0.15) is 6.04 Å². The zero-order valence-corrected chi connectivity index (χ0v) is 11.6. The topological polar surface area (TPSA) is 58.6 Å². The second kappa shape index (κ2) is 5.48. The number of hydrogen-bond donors (Lipinski definition) is 1. The Labute approximate surface area is 116 Å². The summed E-state index contributed by atoms with van der Waals surface area (Å²) >= 11 is 0. The summed E-state index contributed by atoms with van der Waals surface area (Å²) in [5, 5.41) is 2.89. The fraction of sp³-hybridized carbons (Fsp3) is 0.429. The first-order valence-electron chi connectivity index (χ1n) is 6.40. The van der Waals surface area contributed by atoms with Crippen LogP contribution >= 0.6 is 0 Å². The van der Waals surface area contributed by atoms with Crippen LogP contribution in [0.3, 0.4) is 0 Å². The molecule has 1 atom stereocenters. The molecule has 0 spiro atoms. The third-order valence-electron chi connectivity index (χ3n) is 3.19. The molecule has 1 aliphatic rings. The molecule has 0 aliphatic carbocycles. The van der Waals surface area contributed by atoms with Gasteiger partial charge in [-0.3, -0.25) is 14.5 Å². The van der Waals surface area contributed by atoms with Crippen LogP contribution in [0.25, 0.3) is 0 Å². The Morgan fingerprint density at radius 3 is 2.60 bits per heavy atom. The van der Waals surface area contributed by atoms with E-state index in [1.807, 2.05) is 0 Å². The molecule has 6 heteroatoms. The van der Waals surface area contributed by atoms with E-state index in [0.29, 0.717) is 5.69 Å². The number of halogens is 1. The van der Waals surface area contributed by atoms with Crippen molar-refractivity contribution in [1.29, 1.82) is 0 Å². The highest BCUT2D eigenvalue weighted by molar-refractivity contribution is 6.07. The van der Waals surface area contributed by atoms with Crippen LogP contribution in [0.2, 0.25) is 0 Å². The van der Waals surface area contributed by atoms with Crippen LogP contribution in [0.4, 0.5) is 10.1 Å². The molecule has 1 fully saturated rings. The Bertz CT molecular complexity index is 545. The first kappa shape index (κ1) is 14.3. The molecule has 0 saturated carbocycles. The summed E-state index contributed by atoms with van der Waals surface area (Å²) in [4.78, 5) is 25.1. The summed E-state index contributed by atoms with van der Waals surface area (Å²) < 4.78 is 18.4. The van der Waals surface area contributed by atoms with E-state index in [0.717, 1.165) is 0 Å². The minimum absolute atomic E-state index is 0.0880. The van der Waals surface area contributed by atoms with Crippen LogP contribution in [0, 0.1) is 5.82 Å². The van der Waals surface area contributed by atoms with Crippen molar-refractivity contribution < 1.29 is 18.7 Å². The molecule has 2 rings (SSSR count). The molecule has 1 N–H and O–H groups in total. The highest BCUT2D eigenvalue weighted by atomic mass is 19.1. The van der Waals surface area contributed by atoms with Gasteiger partial charge in [-0.1, -0.05) is 0 Å². The van der Waals surface area contributed by atoms with Gasteiger partial charge in [0.2, 0.25) is 5.91 Å². The Balaban J connectivity index is 2.13. The smallest absolute Gasteiger partial charge is 0.252 e. The normalized spacial score (nSPS) is 18.9. The van der Waals surface area contributed by atoms with Crippen LogP contribution in [-0.2, 0) is 9.59 Å². The van der Waals surface area contributed by atoms with Crippen molar-refractivity contribution in [1.82, 2.24) is 4.90 Å². The molecule has 1 heterocycles. The number of methoxy groups -OCH3 is 1. The number of anilines is 1. The van der Waals surface area contributed by atoms with E-state index in [1.54, 1.807) is 19.9 Å². The predicted octanol–water partition coefficient (Wildman–Crippen LogP) is 1.78. The quantitative estimate of drug-likeness (QED) is 0.854. The van der Waals surface area contributed by atoms with Crippen LogP contribution in [0.5, 0.6) is 5.75 Å². The van der Waals surface area contributed by atoms with Gasteiger partial charge in [-0.2, -0.15) is 0 Å². The van der Waals surface area contributed by atoms with Gasteiger partial charge in [0.25, 0.3) is 5.91 Å². The van der Waals surface area contributed by atoms with Crippen LogP contribution in [0.1, 0.15) is 20.3 Å². The number of carbonyl (C=O) groups excluding carboxylic acids is 2. The number of rotatable bonds is 4. The SMILES string of the molecule is COc1ccc(NC2CC(=O)N(C(C)C)C2=O)cc1F. The second-order valence-corrected chi connectivity index (χ2v) is 4.95. The molecule has 1 aliphatic heterocycles. The standard InChI is InChI=1S/C14H17FN2O3/c1-8(2)17-13(18)7-11(14(17)19)16-9-4-5-12(20-3)10(15)6-9/h4-6,8,11,16H,7H2,1-3H3. The first-order chi connectivity index (χ1) is 9.43. The van der Waals surface area contributed by atoms with Crippen molar-refractivity contribution in [2.45, 2.75) is 32.4 Å². The second-order valence-electron chi connectivity index (χ2n) is 4.95. The average Bonchev–Trinajstić information content (AvgIpc) is 2.64. The Morgan fingerprint density at radius 2 is 2.10 bits per heavy atom. The molecule has 1 aromatic carbocycles. The number of imide groups is 1. The number of carbonyl (C=O) groups is 2. The number of hydrogen-bond acceptors (Lipinski definition) is 4. The van der Waals surface area contributed by atoms with Gasteiger partial charge in [0.05, 0.1) is 13.5 Å². The average molecular weight is 280 g/mol. The summed E-state index contributed by atoms with van der Waals surface area (Å²) in [6, 6.07) is 3.51. The van der Waals surface area contributed by atoms with Crippen LogP contribution < -0.4 is 10.1 Å². The minimum atomic E-state index is -0.641.